The average molecular weight is 213 g/mol. The van der Waals surface area contributed by atoms with E-state index in [0.29, 0.717) is 12.2 Å². The molecule has 0 radical (unpaired) electrons. The van der Waals surface area contributed by atoms with E-state index in [2.05, 4.69) is 21.6 Å². The van der Waals surface area contributed by atoms with Crippen molar-refractivity contribution >= 4 is 11.0 Å². The molecule has 0 spiro atoms. The van der Waals surface area contributed by atoms with Gasteiger partial charge in [0.25, 0.3) is 0 Å². The molecule has 0 unspecified atom stereocenters. The lowest BCUT2D eigenvalue weighted by atomic mass is 10.3. The van der Waals surface area contributed by atoms with Gasteiger partial charge in [0.15, 0.2) is 0 Å². The Morgan fingerprint density at radius 1 is 1.56 bits per heavy atom. The lowest BCUT2D eigenvalue weighted by Crippen LogP contribution is -2.00. The summed E-state index contributed by atoms with van der Waals surface area (Å²) in [6, 6.07) is 7.84. The van der Waals surface area contributed by atoms with Crippen molar-refractivity contribution in [1.82, 2.24) is 9.55 Å². The summed E-state index contributed by atoms with van der Waals surface area (Å²) in [6.45, 7) is 6.09. The molecular formula is C11H11N5. The Balaban J connectivity index is 2.47. The number of imidazole rings is 1. The van der Waals surface area contributed by atoms with Crippen LogP contribution in [0, 0.1) is 6.92 Å². The van der Waals surface area contributed by atoms with E-state index in [0.717, 1.165) is 16.9 Å². The van der Waals surface area contributed by atoms with Gasteiger partial charge in [-0.25, -0.2) is 4.98 Å². The smallest absolute Gasteiger partial charge is 0.107 e. The van der Waals surface area contributed by atoms with E-state index in [-0.39, 0.29) is 0 Å². The summed E-state index contributed by atoms with van der Waals surface area (Å²) < 4.78 is 1.98. The van der Waals surface area contributed by atoms with Gasteiger partial charge in [0, 0.05) is 10.6 Å². The molecule has 0 saturated carbocycles. The Labute approximate surface area is 92.7 Å². The Morgan fingerprint density at radius 3 is 3.06 bits per heavy atom. The van der Waals surface area contributed by atoms with Crippen LogP contribution in [-0.2, 0) is 6.54 Å². The third kappa shape index (κ3) is 1.76. The molecule has 1 aromatic heterocycles. The van der Waals surface area contributed by atoms with E-state index in [1.807, 2.05) is 35.8 Å². The highest BCUT2D eigenvalue weighted by atomic mass is 15.2. The Hall–Kier alpha value is -2.26. The molecule has 80 valence electrons. The summed E-state index contributed by atoms with van der Waals surface area (Å²) in [6.07, 6.45) is 0. The van der Waals surface area contributed by atoms with Gasteiger partial charge in [0.1, 0.15) is 5.82 Å². The van der Waals surface area contributed by atoms with E-state index < -0.39 is 0 Å². The molecule has 16 heavy (non-hydrogen) atoms. The number of allylic oxidation sites excluding steroid dienone is 1. The Morgan fingerprint density at radius 2 is 2.31 bits per heavy atom. The number of aryl methyl sites for hydroxylation is 1. The fourth-order valence-electron chi connectivity index (χ4n) is 1.67. The normalized spacial score (nSPS) is 10.1. The van der Waals surface area contributed by atoms with Crippen molar-refractivity contribution in [3.8, 4) is 0 Å². The number of aromatic nitrogens is 2. The van der Waals surface area contributed by atoms with E-state index in [1.54, 1.807) is 0 Å². The molecule has 0 atom stereocenters. The summed E-state index contributed by atoms with van der Waals surface area (Å²) in [4.78, 5) is 7.13. The van der Waals surface area contributed by atoms with Gasteiger partial charge in [-0.05, 0) is 24.6 Å². The molecule has 0 aliphatic carbocycles. The lowest BCUT2D eigenvalue weighted by molar-refractivity contribution is 0.766. The Bertz CT molecular complexity index is 589. The van der Waals surface area contributed by atoms with Gasteiger partial charge in [-0.2, -0.15) is 0 Å². The first kappa shape index (κ1) is 10.3. The maximum atomic E-state index is 8.32. The SMILES string of the molecule is C=C(Cn1c(C)nc2ccccc21)N=[N+]=[N-]. The average Bonchev–Trinajstić information content (AvgIpc) is 2.56. The van der Waals surface area contributed by atoms with Gasteiger partial charge in [-0.3, -0.25) is 0 Å². The molecule has 0 fully saturated rings. The number of azide groups is 1. The molecule has 2 aromatic rings. The van der Waals surface area contributed by atoms with E-state index in [4.69, 9.17) is 5.53 Å². The van der Waals surface area contributed by atoms with Gasteiger partial charge in [-0.15, -0.1) is 0 Å². The van der Waals surface area contributed by atoms with Crippen LogP contribution in [0.1, 0.15) is 5.82 Å². The summed E-state index contributed by atoms with van der Waals surface area (Å²) in [5.41, 5.74) is 10.8. The molecule has 0 aliphatic heterocycles. The van der Waals surface area contributed by atoms with Crippen molar-refractivity contribution in [2.75, 3.05) is 0 Å². The van der Waals surface area contributed by atoms with Gasteiger partial charge < -0.3 is 4.57 Å². The standard InChI is InChI=1S/C11H11N5/c1-8(14-15-12)7-16-9(2)13-10-5-3-4-6-11(10)16/h3-6H,1,7H2,2H3. The number of nitrogens with zero attached hydrogens (tertiary/aromatic N) is 5. The third-order valence-electron chi connectivity index (χ3n) is 2.37. The van der Waals surface area contributed by atoms with Crippen LogP contribution in [-0.4, -0.2) is 9.55 Å². The lowest BCUT2D eigenvalue weighted by Gasteiger charge is -2.05. The van der Waals surface area contributed by atoms with Crippen LogP contribution >= 0.6 is 0 Å². The molecule has 0 amide bonds. The number of rotatable bonds is 3. The zero-order chi connectivity index (χ0) is 11.5. The fraction of sp³-hybridized carbons (Fsp3) is 0.182. The number of hydrogen-bond acceptors (Lipinski definition) is 2. The quantitative estimate of drug-likeness (QED) is 0.438. The van der Waals surface area contributed by atoms with Gasteiger partial charge in [0.2, 0.25) is 0 Å². The highest BCUT2D eigenvalue weighted by molar-refractivity contribution is 5.75. The van der Waals surface area contributed by atoms with Crippen LogP contribution in [0.3, 0.4) is 0 Å². The van der Waals surface area contributed by atoms with Crippen molar-refractivity contribution in [2.45, 2.75) is 13.5 Å². The zero-order valence-corrected chi connectivity index (χ0v) is 8.96. The second-order valence-corrected chi connectivity index (χ2v) is 3.49. The van der Waals surface area contributed by atoms with Crippen molar-refractivity contribution in [1.29, 1.82) is 0 Å². The van der Waals surface area contributed by atoms with Crippen molar-refractivity contribution in [2.24, 2.45) is 5.11 Å². The predicted molar refractivity (Wildman–Crippen MR) is 62.8 cm³/mol. The minimum Gasteiger partial charge on any atom is -0.324 e. The number of fused-ring (bicyclic) bond motifs is 1. The number of benzene rings is 1. The van der Waals surface area contributed by atoms with Crippen LogP contribution in [0.15, 0.2) is 41.7 Å². The highest BCUT2D eigenvalue weighted by Gasteiger charge is 2.06. The van der Waals surface area contributed by atoms with Crippen LogP contribution in [0.5, 0.6) is 0 Å². The van der Waals surface area contributed by atoms with Crippen LogP contribution in [0.4, 0.5) is 0 Å². The van der Waals surface area contributed by atoms with Crippen LogP contribution < -0.4 is 0 Å². The molecule has 0 aliphatic rings. The number of hydrogen-bond donors (Lipinski definition) is 0. The van der Waals surface area contributed by atoms with Crippen LogP contribution in [0.2, 0.25) is 0 Å². The second kappa shape index (κ2) is 4.08. The first-order chi connectivity index (χ1) is 7.72. The topological polar surface area (TPSA) is 66.6 Å². The second-order valence-electron chi connectivity index (χ2n) is 3.49. The minimum absolute atomic E-state index is 0.469. The monoisotopic (exact) mass is 213 g/mol. The van der Waals surface area contributed by atoms with Gasteiger partial charge in [-0.1, -0.05) is 23.8 Å². The fourth-order valence-corrected chi connectivity index (χ4v) is 1.67. The summed E-state index contributed by atoms with van der Waals surface area (Å²) in [5.74, 6) is 0.885. The van der Waals surface area contributed by atoms with E-state index >= 15 is 0 Å². The molecule has 1 aromatic carbocycles. The molecule has 5 nitrogen and oxygen atoms in total. The van der Waals surface area contributed by atoms with Crippen LogP contribution in [0.25, 0.3) is 21.5 Å². The molecule has 1 heterocycles. The first-order valence-electron chi connectivity index (χ1n) is 4.87. The van der Waals surface area contributed by atoms with E-state index in [1.165, 1.54) is 0 Å². The van der Waals surface area contributed by atoms with Crippen molar-refractivity contribution in [3.63, 3.8) is 0 Å². The molecule has 5 heteroatoms. The van der Waals surface area contributed by atoms with Crippen molar-refractivity contribution in [3.05, 3.63) is 52.8 Å². The highest BCUT2D eigenvalue weighted by Crippen LogP contribution is 2.16. The van der Waals surface area contributed by atoms with Gasteiger partial charge >= 0.3 is 0 Å². The molecular weight excluding hydrogens is 202 g/mol. The van der Waals surface area contributed by atoms with E-state index in [9.17, 15) is 0 Å². The summed E-state index contributed by atoms with van der Waals surface area (Å²) in [5, 5.41) is 3.48. The molecule has 0 N–H and O–H groups in total. The summed E-state index contributed by atoms with van der Waals surface area (Å²) in [7, 11) is 0. The maximum Gasteiger partial charge on any atom is 0.107 e. The third-order valence-corrected chi connectivity index (χ3v) is 2.37. The van der Waals surface area contributed by atoms with Crippen molar-refractivity contribution < 1.29 is 0 Å². The number of para-hydroxylation sites is 2. The molecule has 0 bridgehead atoms. The Kier molecular flexibility index (Phi) is 2.62. The minimum atomic E-state index is 0.469. The predicted octanol–water partition coefficient (Wildman–Crippen LogP) is 3.17. The van der Waals surface area contributed by atoms with Gasteiger partial charge in [0.05, 0.1) is 17.6 Å². The zero-order valence-electron chi connectivity index (χ0n) is 8.96. The molecule has 0 saturated heterocycles. The largest absolute Gasteiger partial charge is 0.324 e. The molecule has 2 rings (SSSR count). The first-order valence-corrected chi connectivity index (χ1v) is 4.87. The maximum absolute atomic E-state index is 8.32. The summed E-state index contributed by atoms with van der Waals surface area (Å²) >= 11 is 0.